The molecule has 1 aliphatic heterocycles. The van der Waals surface area contributed by atoms with Crippen molar-refractivity contribution in [3.8, 4) is 0 Å². The third kappa shape index (κ3) is 3.54. The van der Waals surface area contributed by atoms with Crippen LogP contribution in [0.25, 0.3) is 0 Å². The molecule has 0 fully saturated rings. The van der Waals surface area contributed by atoms with Gasteiger partial charge in [-0.2, -0.15) is 5.10 Å². The topological polar surface area (TPSA) is 61.8 Å². The molecule has 2 rings (SSSR count). The summed E-state index contributed by atoms with van der Waals surface area (Å²) >= 11 is 5.86. The van der Waals surface area contributed by atoms with E-state index in [4.69, 9.17) is 11.6 Å². The summed E-state index contributed by atoms with van der Waals surface area (Å²) in [5.41, 5.74) is 1.30. The second-order valence-corrected chi connectivity index (χ2v) is 4.71. The third-order valence-electron chi connectivity index (χ3n) is 2.81. The molecular formula is C13H14ClN3O2. The Bertz CT molecular complexity index is 542. The molecule has 6 heteroatoms. The zero-order valence-corrected chi connectivity index (χ0v) is 11.3. The van der Waals surface area contributed by atoms with Crippen LogP contribution < -0.4 is 5.32 Å². The average Bonchev–Trinajstić information content (AvgIpc) is 2.39. The summed E-state index contributed by atoms with van der Waals surface area (Å²) in [6.45, 7) is 0.385. The van der Waals surface area contributed by atoms with Crippen LogP contribution >= 0.6 is 11.6 Å². The van der Waals surface area contributed by atoms with Crippen LogP contribution in [0.5, 0.6) is 0 Å². The van der Waals surface area contributed by atoms with Gasteiger partial charge in [-0.3, -0.25) is 9.59 Å². The quantitative estimate of drug-likeness (QED) is 0.913. The molecule has 0 bridgehead atoms. The molecule has 1 aromatic carbocycles. The molecule has 100 valence electrons. The molecule has 19 heavy (non-hydrogen) atoms. The number of carbonyl (C=O) groups excluding carboxylic acids is 2. The lowest BCUT2D eigenvalue weighted by atomic mass is 10.1. The molecule has 0 unspecified atom stereocenters. The molecule has 2 amide bonds. The Morgan fingerprint density at radius 1 is 1.47 bits per heavy atom. The van der Waals surface area contributed by atoms with Crippen LogP contribution in [0.4, 0.5) is 0 Å². The van der Waals surface area contributed by atoms with Crippen LogP contribution in [0.15, 0.2) is 29.4 Å². The SMILES string of the molecule is CN1N=C(C(=O)NCc2cccc(Cl)c2)CCC1=O. The Morgan fingerprint density at radius 2 is 2.26 bits per heavy atom. The highest BCUT2D eigenvalue weighted by Gasteiger charge is 2.21. The number of halogens is 1. The molecule has 1 N–H and O–H groups in total. The molecule has 5 nitrogen and oxygen atoms in total. The lowest BCUT2D eigenvalue weighted by Gasteiger charge is -2.18. The molecule has 1 heterocycles. The fourth-order valence-corrected chi connectivity index (χ4v) is 1.98. The number of amides is 2. The van der Waals surface area contributed by atoms with Crippen molar-refractivity contribution in [2.24, 2.45) is 5.10 Å². The smallest absolute Gasteiger partial charge is 0.267 e. The first kappa shape index (κ1) is 13.5. The highest BCUT2D eigenvalue weighted by molar-refractivity contribution is 6.39. The highest BCUT2D eigenvalue weighted by atomic mass is 35.5. The maximum Gasteiger partial charge on any atom is 0.267 e. The van der Waals surface area contributed by atoms with E-state index in [9.17, 15) is 9.59 Å². The van der Waals surface area contributed by atoms with Gasteiger partial charge in [0.15, 0.2) is 0 Å². The normalized spacial score (nSPS) is 15.2. The van der Waals surface area contributed by atoms with Crippen molar-refractivity contribution in [1.29, 1.82) is 0 Å². The number of hydrogen-bond donors (Lipinski definition) is 1. The van der Waals surface area contributed by atoms with Crippen LogP contribution in [-0.4, -0.2) is 29.6 Å². The van der Waals surface area contributed by atoms with Crippen LogP contribution in [0.1, 0.15) is 18.4 Å². The second-order valence-electron chi connectivity index (χ2n) is 4.28. The third-order valence-corrected chi connectivity index (χ3v) is 3.05. The summed E-state index contributed by atoms with van der Waals surface area (Å²) < 4.78 is 0. The second kappa shape index (κ2) is 5.84. The van der Waals surface area contributed by atoms with Gasteiger partial charge in [0, 0.05) is 31.5 Å². The number of nitrogens with one attached hydrogen (secondary N) is 1. The summed E-state index contributed by atoms with van der Waals surface area (Å²) in [5.74, 6) is -0.328. The maximum absolute atomic E-state index is 11.9. The zero-order chi connectivity index (χ0) is 13.8. The molecule has 0 saturated heterocycles. The van der Waals surface area contributed by atoms with Crippen molar-refractivity contribution in [2.45, 2.75) is 19.4 Å². The summed E-state index contributed by atoms with van der Waals surface area (Å²) in [7, 11) is 1.55. The molecule has 0 aromatic heterocycles. The highest BCUT2D eigenvalue weighted by Crippen LogP contribution is 2.11. The van der Waals surface area contributed by atoms with Crippen molar-refractivity contribution >= 4 is 29.1 Å². The number of nitrogens with zero attached hydrogens (tertiary/aromatic N) is 2. The van der Waals surface area contributed by atoms with Crippen LogP contribution in [0, 0.1) is 0 Å². The predicted octanol–water partition coefficient (Wildman–Crippen LogP) is 1.56. The average molecular weight is 280 g/mol. The Labute approximate surface area is 116 Å². The molecule has 1 aromatic rings. The van der Waals surface area contributed by atoms with E-state index in [-0.39, 0.29) is 11.8 Å². The lowest BCUT2D eigenvalue weighted by molar-refractivity contribution is -0.130. The van der Waals surface area contributed by atoms with Gasteiger partial charge in [0.05, 0.1) is 0 Å². The lowest BCUT2D eigenvalue weighted by Crippen LogP contribution is -2.37. The van der Waals surface area contributed by atoms with Crippen molar-refractivity contribution in [3.63, 3.8) is 0 Å². The molecule has 0 aliphatic carbocycles. The van der Waals surface area contributed by atoms with E-state index in [0.717, 1.165) is 5.56 Å². The summed E-state index contributed by atoms with van der Waals surface area (Å²) in [6, 6.07) is 7.28. The Morgan fingerprint density at radius 3 is 2.95 bits per heavy atom. The number of hydrazone groups is 1. The van der Waals surface area contributed by atoms with Gasteiger partial charge in [-0.25, -0.2) is 5.01 Å². The Kier molecular flexibility index (Phi) is 4.16. The molecule has 0 saturated carbocycles. The van der Waals surface area contributed by atoms with E-state index < -0.39 is 0 Å². The van der Waals surface area contributed by atoms with Gasteiger partial charge in [-0.05, 0) is 17.7 Å². The minimum Gasteiger partial charge on any atom is -0.347 e. The van der Waals surface area contributed by atoms with Crippen molar-refractivity contribution in [1.82, 2.24) is 10.3 Å². The first-order valence-corrected chi connectivity index (χ1v) is 6.31. The molecule has 0 spiro atoms. The van der Waals surface area contributed by atoms with E-state index in [1.54, 1.807) is 19.2 Å². The zero-order valence-electron chi connectivity index (χ0n) is 10.5. The largest absolute Gasteiger partial charge is 0.347 e. The number of rotatable bonds is 3. The first-order valence-electron chi connectivity index (χ1n) is 5.93. The Balaban J connectivity index is 1.95. The van der Waals surface area contributed by atoms with Crippen molar-refractivity contribution in [2.75, 3.05) is 7.05 Å². The van der Waals surface area contributed by atoms with E-state index in [2.05, 4.69) is 10.4 Å². The van der Waals surface area contributed by atoms with E-state index >= 15 is 0 Å². The minimum absolute atomic E-state index is 0.0774. The number of carbonyl (C=O) groups is 2. The molecule has 0 radical (unpaired) electrons. The summed E-state index contributed by atoms with van der Waals surface area (Å²) in [5, 5.41) is 8.56. The van der Waals surface area contributed by atoms with Gasteiger partial charge >= 0.3 is 0 Å². The Hall–Kier alpha value is -1.88. The number of benzene rings is 1. The predicted molar refractivity (Wildman–Crippen MR) is 72.7 cm³/mol. The van der Waals surface area contributed by atoms with E-state index in [1.807, 2.05) is 12.1 Å². The molecule has 1 aliphatic rings. The van der Waals surface area contributed by atoms with Crippen LogP contribution in [0.2, 0.25) is 5.02 Å². The molecule has 0 atom stereocenters. The van der Waals surface area contributed by atoms with Gasteiger partial charge in [-0.1, -0.05) is 23.7 Å². The van der Waals surface area contributed by atoms with Gasteiger partial charge < -0.3 is 5.32 Å². The van der Waals surface area contributed by atoms with E-state index in [1.165, 1.54) is 5.01 Å². The maximum atomic E-state index is 11.9. The first-order chi connectivity index (χ1) is 9.06. The molecular weight excluding hydrogens is 266 g/mol. The van der Waals surface area contributed by atoms with Crippen molar-refractivity contribution in [3.05, 3.63) is 34.9 Å². The van der Waals surface area contributed by atoms with Gasteiger partial charge in [0.2, 0.25) is 5.91 Å². The van der Waals surface area contributed by atoms with Gasteiger partial charge in [-0.15, -0.1) is 0 Å². The number of hydrogen-bond acceptors (Lipinski definition) is 3. The van der Waals surface area contributed by atoms with Gasteiger partial charge in [0.1, 0.15) is 5.71 Å². The fourth-order valence-electron chi connectivity index (χ4n) is 1.76. The minimum atomic E-state index is -0.251. The van der Waals surface area contributed by atoms with Crippen molar-refractivity contribution < 1.29 is 9.59 Å². The summed E-state index contributed by atoms with van der Waals surface area (Å²) in [4.78, 5) is 23.1. The summed E-state index contributed by atoms with van der Waals surface area (Å²) in [6.07, 6.45) is 0.699. The monoisotopic (exact) mass is 279 g/mol. The van der Waals surface area contributed by atoms with Crippen LogP contribution in [-0.2, 0) is 16.1 Å². The van der Waals surface area contributed by atoms with Crippen LogP contribution in [0.3, 0.4) is 0 Å². The fraction of sp³-hybridized carbons (Fsp3) is 0.308. The standard InChI is InChI=1S/C13H14ClN3O2/c1-17-12(18)6-5-11(16-17)13(19)15-8-9-3-2-4-10(14)7-9/h2-4,7H,5-6,8H2,1H3,(H,15,19). The van der Waals surface area contributed by atoms with Gasteiger partial charge in [0.25, 0.3) is 5.91 Å². The van der Waals surface area contributed by atoms with E-state index in [0.29, 0.717) is 30.1 Å².